The average molecular weight is 412 g/mol. The zero-order valence-corrected chi connectivity index (χ0v) is 17.1. The van der Waals surface area contributed by atoms with Crippen molar-refractivity contribution < 1.29 is 28.7 Å². The lowest BCUT2D eigenvalue weighted by molar-refractivity contribution is -0.152. The van der Waals surface area contributed by atoms with Gasteiger partial charge in [-0.25, -0.2) is 0 Å². The van der Waals surface area contributed by atoms with Crippen LogP contribution in [0.1, 0.15) is 41.5 Å². The van der Waals surface area contributed by atoms with Gasteiger partial charge in [-0.2, -0.15) is 0 Å². The minimum Gasteiger partial charge on any atom is -0.494 e. The number of ether oxygens (including phenoxy) is 2. The Kier molecular flexibility index (Phi) is 8.10. The molecule has 0 radical (unpaired) electrons. The van der Waals surface area contributed by atoms with Crippen LogP contribution < -0.4 is 15.4 Å². The lowest BCUT2D eigenvalue weighted by atomic mass is 10.1. The molecule has 0 fully saturated rings. The van der Waals surface area contributed by atoms with Crippen LogP contribution in [-0.4, -0.2) is 42.8 Å². The Morgan fingerprint density at radius 3 is 2.30 bits per heavy atom. The molecule has 1 atom stereocenters. The fourth-order valence-electron chi connectivity index (χ4n) is 2.55. The first-order valence-electron chi connectivity index (χ1n) is 9.43. The predicted molar refractivity (Wildman–Crippen MR) is 111 cm³/mol. The van der Waals surface area contributed by atoms with Crippen molar-refractivity contribution in [2.75, 3.05) is 18.5 Å². The summed E-state index contributed by atoms with van der Waals surface area (Å²) in [4.78, 5) is 48.0. The number of carbonyl (C=O) groups is 4. The molecule has 8 nitrogen and oxygen atoms in total. The van der Waals surface area contributed by atoms with E-state index in [0.717, 1.165) is 0 Å². The summed E-state index contributed by atoms with van der Waals surface area (Å²) in [5.41, 5.74) is 1.05. The van der Waals surface area contributed by atoms with E-state index in [4.69, 9.17) is 9.47 Å². The van der Waals surface area contributed by atoms with E-state index in [1.165, 1.54) is 13.8 Å². The number of benzene rings is 2. The summed E-state index contributed by atoms with van der Waals surface area (Å²) in [7, 11) is 0. The van der Waals surface area contributed by atoms with Crippen LogP contribution in [0.25, 0.3) is 0 Å². The van der Waals surface area contributed by atoms with Crippen LogP contribution in [-0.2, 0) is 14.3 Å². The maximum atomic E-state index is 12.3. The van der Waals surface area contributed by atoms with Gasteiger partial charge in [0, 0.05) is 11.1 Å². The average Bonchev–Trinajstić information content (AvgIpc) is 2.73. The molecule has 0 aliphatic rings. The molecule has 8 heteroatoms. The van der Waals surface area contributed by atoms with Crippen LogP contribution in [0.15, 0.2) is 48.5 Å². The van der Waals surface area contributed by atoms with Crippen molar-refractivity contribution in [1.29, 1.82) is 0 Å². The molecule has 0 unspecified atom stereocenters. The minimum atomic E-state index is -1.11. The molecule has 2 N–H and O–H groups in total. The molecule has 158 valence electrons. The van der Waals surface area contributed by atoms with Crippen molar-refractivity contribution >= 4 is 29.3 Å². The number of carbonyl (C=O) groups excluding carboxylic acids is 4. The van der Waals surface area contributed by atoms with Crippen LogP contribution in [0.3, 0.4) is 0 Å². The van der Waals surface area contributed by atoms with Crippen LogP contribution in [0.2, 0.25) is 0 Å². The topological polar surface area (TPSA) is 111 Å². The second kappa shape index (κ2) is 10.8. The first-order chi connectivity index (χ1) is 14.3. The third kappa shape index (κ3) is 6.44. The first kappa shape index (κ1) is 22.6. The van der Waals surface area contributed by atoms with Gasteiger partial charge in [0.2, 0.25) is 0 Å². The minimum absolute atomic E-state index is 0.201. The second-order valence-electron chi connectivity index (χ2n) is 6.36. The zero-order valence-electron chi connectivity index (χ0n) is 17.1. The Hall–Kier alpha value is -3.68. The van der Waals surface area contributed by atoms with Gasteiger partial charge in [-0.3, -0.25) is 19.2 Å². The highest BCUT2D eigenvalue weighted by molar-refractivity contribution is 6.04. The van der Waals surface area contributed by atoms with Crippen LogP contribution in [0.5, 0.6) is 5.75 Å². The fraction of sp³-hybridized carbons (Fsp3) is 0.273. The Morgan fingerprint density at radius 2 is 1.67 bits per heavy atom. The molecule has 30 heavy (non-hydrogen) atoms. The molecule has 0 bridgehead atoms. The number of ketones is 1. The van der Waals surface area contributed by atoms with Crippen molar-refractivity contribution in [3.8, 4) is 5.75 Å². The Bertz CT molecular complexity index is 923. The number of Topliss-reactive ketones (excluding diaryl/α,β-unsaturated/α-hetero) is 1. The zero-order chi connectivity index (χ0) is 22.1. The predicted octanol–water partition coefficient (Wildman–Crippen LogP) is 2.59. The van der Waals surface area contributed by atoms with Gasteiger partial charge in [-0.15, -0.1) is 0 Å². The van der Waals surface area contributed by atoms with Crippen molar-refractivity contribution in [1.82, 2.24) is 5.32 Å². The summed E-state index contributed by atoms with van der Waals surface area (Å²) >= 11 is 0. The van der Waals surface area contributed by atoms with Gasteiger partial charge < -0.3 is 20.1 Å². The van der Waals surface area contributed by atoms with E-state index < -0.39 is 30.4 Å². The summed E-state index contributed by atoms with van der Waals surface area (Å²) in [6.45, 7) is 4.77. The van der Waals surface area contributed by atoms with Crippen molar-refractivity contribution in [3.05, 3.63) is 59.7 Å². The Morgan fingerprint density at radius 1 is 1.00 bits per heavy atom. The quantitative estimate of drug-likeness (QED) is 0.484. The smallest absolute Gasteiger partial charge is 0.326 e. The van der Waals surface area contributed by atoms with E-state index in [0.29, 0.717) is 29.2 Å². The molecule has 0 aromatic heterocycles. The Balaban J connectivity index is 1.84. The number of rotatable bonds is 9. The van der Waals surface area contributed by atoms with Crippen LogP contribution >= 0.6 is 0 Å². The molecule has 2 aromatic carbocycles. The summed E-state index contributed by atoms with van der Waals surface area (Å²) < 4.78 is 10.4. The van der Waals surface area contributed by atoms with Gasteiger partial charge in [-0.1, -0.05) is 12.1 Å². The standard InChI is InChI=1S/C22H24N2O6/c1-4-29-17-11-9-16(10-12-17)22(28)23-13-20(26)30-15(3)21(27)24-19-8-6-5-7-18(19)14(2)25/h5-12,15H,4,13H2,1-3H3,(H,23,28)(H,24,27)/t15-/m0/s1. The number of hydrogen-bond acceptors (Lipinski definition) is 6. The van der Waals surface area contributed by atoms with Crippen LogP contribution in [0, 0.1) is 0 Å². The molecular weight excluding hydrogens is 388 g/mol. The number of para-hydroxylation sites is 1. The third-order valence-electron chi connectivity index (χ3n) is 4.06. The number of esters is 1. The van der Waals surface area contributed by atoms with E-state index in [1.807, 2.05) is 6.92 Å². The summed E-state index contributed by atoms with van der Waals surface area (Å²) in [5, 5.41) is 5.00. The van der Waals surface area contributed by atoms with Gasteiger partial charge in [0.15, 0.2) is 11.9 Å². The van der Waals surface area contributed by atoms with Crippen molar-refractivity contribution in [2.45, 2.75) is 26.9 Å². The monoisotopic (exact) mass is 412 g/mol. The van der Waals surface area contributed by atoms with Crippen molar-refractivity contribution in [2.24, 2.45) is 0 Å². The fourth-order valence-corrected chi connectivity index (χ4v) is 2.55. The number of anilines is 1. The summed E-state index contributed by atoms with van der Waals surface area (Å²) in [5.74, 6) is -1.37. The van der Waals surface area contributed by atoms with E-state index in [-0.39, 0.29) is 5.78 Å². The molecule has 0 saturated heterocycles. The van der Waals surface area contributed by atoms with E-state index in [1.54, 1.807) is 48.5 Å². The van der Waals surface area contributed by atoms with E-state index >= 15 is 0 Å². The van der Waals surface area contributed by atoms with Crippen molar-refractivity contribution in [3.63, 3.8) is 0 Å². The second-order valence-corrected chi connectivity index (χ2v) is 6.36. The SMILES string of the molecule is CCOc1ccc(C(=O)NCC(=O)O[C@@H](C)C(=O)Nc2ccccc2C(C)=O)cc1. The maximum Gasteiger partial charge on any atom is 0.326 e. The summed E-state index contributed by atoms with van der Waals surface area (Å²) in [6, 6.07) is 13.0. The lowest BCUT2D eigenvalue weighted by Crippen LogP contribution is -2.36. The number of amides is 2. The highest BCUT2D eigenvalue weighted by Crippen LogP contribution is 2.16. The number of nitrogens with one attached hydrogen (secondary N) is 2. The lowest BCUT2D eigenvalue weighted by Gasteiger charge is -2.15. The molecule has 2 amide bonds. The largest absolute Gasteiger partial charge is 0.494 e. The van der Waals surface area contributed by atoms with E-state index in [9.17, 15) is 19.2 Å². The Labute approximate surface area is 174 Å². The molecule has 0 aliphatic carbocycles. The number of hydrogen-bond donors (Lipinski definition) is 2. The van der Waals surface area contributed by atoms with Gasteiger partial charge >= 0.3 is 5.97 Å². The van der Waals surface area contributed by atoms with Gasteiger partial charge in [0.1, 0.15) is 12.3 Å². The maximum absolute atomic E-state index is 12.3. The normalized spacial score (nSPS) is 11.2. The molecule has 0 saturated carbocycles. The van der Waals surface area contributed by atoms with E-state index in [2.05, 4.69) is 10.6 Å². The molecule has 2 rings (SSSR count). The molecule has 0 spiro atoms. The van der Waals surface area contributed by atoms with Gasteiger partial charge in [0.25, 0.3) is 11.8 Å². The molecular formula is C22H24N2O6. The van der Waals surface area contributed by atoms with Gasteiger partial charge in [-0.05, 0) is 57.2 Å². The highest BCUT2D eigenvalue weighted by Gasteiger charge is 2.20. The molecule has 2 aromatic rings. The molecule has 0 aliphatic heterocycles. The summed E-state index contributed by atoms with van der Waals surface area (Å²) in [6.07, 6.45) is -1.11. The first-order valence-corrected chi connectivity index (χ1v) is 9.43. The molecule has 0 heterocycles. The third-order valence-corrected chi connectivity index (χ3v) is 4.06. The van der Waals surface area contributed by atoms with Gasteiger partial charge in [0.05, 0.1) is 12.3 Å². The highest BCUT2D eigenvalue weighted by atomic mass is 16.5. The van der Waals surface area contributed by atoms with Crippen LogP contribution in [0.4, 0.5) is 5.69 Å².